The van der Waals surface area contributed by atoms with Crippen molar-refractivity contribution >= 4 is 46.0 Å². The topological polar surface area (TPSA) is 67.5 Å². The molecule has 3 atom stereocenters. The first-order valence-corrected chi connectivity index (χ1v) is 10.3. The predicted molar refractivity (Wildman–Crippen MR) is 107 cm³/mol. The van der Waals surface area contributed by atoms with E-state index in [0.717, 1.165) is 16.4 Å². The van der Waals surface area contributed by atoms with Crippen molar-refractivity contribution in [3.05, 3.63) is 58.1 Å². The molecule has 0 spiro atoms. The van der Waals surface area contributed by atoms with E-state index < -0.39 is 18.4 Å². The summed E-state index contributed by atoms with van der Waals surface area (Å²) in [4.78, 5) is 4.71. The highest BCUT2D eigenvalue weighted by Gasteiger charge is 2.36. The van der Waals surface area contributed by atoms with Crippen LogP contribution in [0, 0.1) is 0 Å². The second-order valence-electron chi connectivity index (χ2n) is 6.41. The standard InChI is InChI=1S/C19H18Cl2N2O3S/c20-12-6-14-15(7-13(12)21)23(18-8-16(25)17(9-24)26-18)19(22-14)27-10-11-4-2-1-3-5-11/h1-7,16-18,24-25H,8-10H2. The lowest BCUT2D eigenvalue weighted by molar-refractivity contribution is -0.0456. The van der Waals surface area contributed by atoms with E-state index in [-0.39, 0.29) is 6.61 Å². The van der Waals surface area contributed by atoms with Crippen molar-refractivity contribution in [2.24, 2.45) is 0 Å². The number of hydrogen-bond donors (Lipinski definition) is 2. The number of aliphatic hydroxyl groups excluding tert-OH is 2. The molecule has 8 heteroatoms. The van der Waals surface area contributed by atoms with Gasteiger partial charge in [0.1, 0.15) is 12.3 Å². The summed E-state index contributed by atoms with van der Waals surface area (Å²) in [5, 5.41) is 21.2. The van der Waals surface area contributed by atoms with Crippen LogP contribution in [0.5, 0.6) is 0 Å². The normalized spacial score (nSPS) is 22.6. The van der Waals surface area contributed by atoms with Crippen LogP contribution in [0.2, 0.25) is 10.0 Å². The number of nitrogens with zero attached hydrogens (tertiary/aromatic N) is 2. The van der Waals surface area contributed by atoms with Crippen molar-refractivity contribution in [3.8, 4) is 0 Å². The Balaban J connectivity index is 1.73. The van der Waals surface area contributed by atoms with Crippen LogP contribution in [0.25, 0.3) is 11.0 Å². The zero-order chi connectivity index (χ0) is 19.0. The average Bonchev–Trinajstić information content (AvgIpc) is 3.20. The Labute approximate surface area is 170 Å². The first kappa shape index (κ1) is 19.1. The molecule has 3 aromatic rings. The number of hydrogen-bond acceptors (Lipinski definition) is 5. The minimum Gasteiger partial charge on any atom is -0.394 e. The maximum atomic E-state index is 10.2. The monoisotopic (exact) mass is 424 g/mol. The van der Waals surface area contributed by atoms with Crippen LogP contribution in [-0.2, 0) is 10.5 Å². The van der Waals surface area contributed by atoms with Gasteiger partial charge in [0.25, 0.3) is 0 Å². The van der Waals surface area contributed by atoms with Crippen LogP contribution in [0.15, 0.2) is 47.6 Å². The highest BCUT2D eigenvalue weighted by molar-refractivity contribution is 7.98. The summed E-state index contributed by atoms with van der Waals surface area (Å²) < 4.78 is 7.81. The maximum Gasteiger partial charge on any atom is 0.171 e. The predicted octanol–water partition coefficient (Wildman–Crippen LogP) is 4.28. The lowest BCUT2D eigenvalue weighted by Crippen LogP contribution is -2.24. The summed E-state index contributed by atoms with van der Waals surface area (Å²) in [5.74, 6) is 0.740. The Morgan fingerprint density at radius 1 is 1.19 bits per heavy atom. The number of benzene rings is 2. The molecule has 3 unspecified atom stereocenters. The van der Waals surface area contributed by atoms with Gasteiger partial charge in [-0.1, -0.05) is 65.3 Å². The van der Waals surface area contributed by atoms with E-state index in [4.69, 9.17) is 32.9 Å². The average molecular weight is 425 g/mol. The second-order valence-corrected chi connectivity index (χ2v) is 8.17. The van der Waals surface area contributed by atoms with Crippen LogP contribution in [0.3, 0.4) is 0 Å². The van der Waals surface area contributed by atoms with E-state index in [2.05, 4.69) is 12.1 Å². The molecule has 0 amide bonds. The first-order chi connectivity index (χ1) is 13.1. The molecule has 2 N–H and O–H groups in total. The van der Waals surface area contributed by atoms with Crippen LogP contribution in [-0.4, -0.2) is 38.6 Å². The summed E-state index contributed by atoms with van der Waals surface area (Å²) in [7, 11) is 0. The molecular formula is C19H18Cl2N2O3S. The van der Waals surface area contributed by atoms with Crippen LogP contribution in [0.1, 0.15) is 18.2 Å². The Morgan fingerprint density at radius 3 is 2.63 bits per heavy atom. The SMILES string of the molecule is OCC1OC(n2c(SCc3ccccc3)nc3cc(Cl)c(Cl)cc32)CC1O. The quantitative estimate of drug-likeness (QED) is 0.598. The summed E-state index contributed by atoms with van der Waals surface area (Å²) >= 11 is 14.0. The molecule has 1 saturated heterocycles. The van der Waals surface area contributed by atoms with Gasteiger partial charge < -0.3 is 14.9 Å². The highest BCUT2D eigenvalue weighted by Crippen LogP contribution is 2.38. The van der Waals surface area contributed by atoms with Gasteiger partial charge in [0, 0.05) is 12.2 Å². The number of imidazole rings is 1. The fourth-order valence-corrected chi connectivity index (χ4v) is 4.53. The van der Waals surface area contributed by atoms with Gasteiger partial charge in [-0.05, 0) is 17.7 Å². The van der Waals surface area contributed by atoms with Gasteiger partial charge in [-0.15, -0.1) is 0 Å². The van der Waals surface area contributed by atoms with Gasteiger partial charge in [0.2, 0.25) is 0 Å². The van der Waals surface area contributed by atoms with E-state index in [1.54, 1.807) is 23.9 Å². The van der Waals surface area contributed by atoms with Gasteiger partial charge in [-0.2, -0.15) is 0 Å². The number of fused-ring (bicyclic) bond motifs is 1. The van der Waals surface area contributed by atoms with Crippen LogP contribution >= 0.6 is 35.0 Å². The van der Waals surface area contributed by atoms with E-state index in [9.17, 15) is 10.2 Å². The molecule has 27 heavy (non-hydrogen) atoms. The van der Waals surface area contributed by atoms with Crippen LogP contribution < -0.4 is 0 Å². The zero-order valence-electron chi connectivity index (χ0n) is 14.3. The summed E-state index contributed by atoms with van der Waals surface area (Å²) in [6, 6.07) is 13.6. The zero-order valence-corrected chi connectivity index (χ0v) is 16.6. The van der Waals surface area contributed by atoms with Crippen molar-refractivity contribution in [2.75, 3.05) is 6.61 Å². The molecule has 1 aliphatic rings. The molecule has 0 saturated carbocycles. The first-order valence-electron chi connectivity index (χ1n) is 8.55. The number of ether oxygens (including phenoxy) is 1. The minimum atomic E-state index is -0.729. The molecule has 142 valence electrons. The van der Waals surface area contributed by atoms with Gasteiger partial charge >= 0.3 is 0 Å². The molecule has 0 radical (unpaired) electrons. The fourth-order valence-electron chi connectivity index (χ4n) is 3.21. The van der Waals surface area contributed by atoms with Crippen molar-refractivity contribution in [1.29, 1.82) is 0 Å². The Morgan fingerprint density at radius 2 is 1.93 bits per heavy atom. The van der Waals surface area contributed by atoms with Crippen molar-refractivity contribution in [3.63, 3.8) is 0 Å². The number of rotatable bonds is 5. The highest BCUT2D eigenvalue weighted by atomic mass is 35.5. The van der Waals surface area contributed by atoms with Gasteiger partial charge in [-0.3, -0.25) is 4.57 Å². The number of aromatic nitrogens is 2. The van der Waals surface area contributed by atoms with E-state index in [0.29, 0.717) is 22.0 Å². The summed E-state index contributed by atoms with van der Waals surface area (Å²) in [6.07, 6.45) is -1.40. The third-order valence-corrected chi connectivity index (χ3v) is 6.33. The molecule has 2 heterocycles. The van der Waals surface area contributed by atoms with E-state index in [1.807, 2.05) is 22.8 Å². The molecule has 1 aromatic heterocycles. The van der Waals surface area contributed by atoms with Crippen LogP contribution in [0.4, 0.5) is 0 Å². The third kappa shape index (κ3) is 3.83. The van der Waals surface area contributed by atoms with E-state index >= 15 is 0 Å². The molecule has 0 bridgehead atoms. The molecular weight excluding hydrogens is 407 g/mol. The fraction of sp³-hybridized carbons (Fsp3) is 0.316. The van der Waals surface area contributed by atoms with Crippen molar-refractivity contribution < 1.29 is 14.9 Å². The Bertz CT molecular complexity index is 951. The second kappa shape index (κ2) is 7.99. The van der Waals surface area contributed by atoms with Gasteiger partial charge in [0.05, 0.1) is 33.8 Å². The summed E-state index contributed by atoms with van der Waals surface area (Å²) in [6.45, 7) is -0.233. The number of aliphatic hydroxyl groups is 2. The molecule has 1 fully saturated rings. The van der Waals surface area contributed by atoms with Crippen molar-refractivity contribution in [1.82, 2.24) is 9.55 Å². The largest absolute Gasteiger partial charge is 0.394 e. The smallest absolute Gasteiger partial charge is 0.171 e. The van der Waals surface area contributed by atoms with Gasteiger partial charge in [-0.25, -0.2) is 4.98 Å². The Kier molecular flexibility index (Phi) is 5.64. The molecule has 1 aliphatic heterocycles. The Hall–Kier alpha value is -1.28. The third-order valence-electron chi connectivity index (χ3n) is 4.58. The number of thioether (sulfide) groups is 1. The minimum absolute atomic E-state index is 0.233. The van der Waals surface area contributed by atoms with Gasteiger partial charge in [0.15, 0.2) is 5.16 Å². The lowest BCUT2D eigenvalue weighted by atomic mass is 10.2. The molecule has 0 aliphatic carbocycles. The lowest BCUT2D eigenvalue weighted by Gasteiger charge is -2.17. The molecule has 4 rings (SSSR count). The molecule has 2 aromatic carbocycles. The molecule has 5 nitrogen and oxygen atoms in total. The maximum absolute atomic E-state index is 10.2. The van der Waals surface area contributed by atoms with Crippen molar-refractivity contribution in [2.45, 2.75) is 35.8 Å². The van der Waals surface area contributed by atoms with E-state index in [1.165, 1.54) is 5.56 Å². The summed E-state index contributed by atoms with van der Waals surface area (Å²) in [5.41, 5.74) is 2.68. The number of halogens is 2.